The SMILES string of the molecule is O=C(O)C(F)(F)F.O=C([O-])C(F)(F)F.c1cc[n+](-c2ccccn2)cc1. The normalized spacial score (nSPS) is 10.5. The van der Waals surface area contributed by atoms with Gasteiger partial charge in [-0.1, -0.05) is 12.1 Å². The fraction of sp³-hybridized carbons (Fsp3) is 0.143. The molecule has 1 N–H and O–H groups in total. The Morgan fingerprint density at radius 1 is 0.923 bits per heavy atom. The number of aliphatic carboxylic acids is 2. The van der Waals surface area contributed by atoms with Crippen molar-refractivity contribution in [2.45, 2.75) is 12.4 Å². The zero-order chi connectivity index (χ0) is 20.4. The molecule has 0 aromatic carbocycles. The lowest BCUT2D eigenvalue weighted by Gasteiger charge is -2.03. The molecule has 2 heterocycles. The first-order chi connectivity index (χ1) is 11.9. The number of hydrogen-bond donors (Lipinski definition) is 1. The van der Waals surface area contributed by atoms with Crippen LogP contribution in [0, 0.1) is 0 Å². The maximum absolute atomic E-state index is 10.6. The predicted molar refractivity (Wildman–Crippen MR) is 70.5 cm³/mol. The first-order valence-corrected chi connectivity index (χ1v) is 6.31. The van der Waals surface area contributed by atoms with E-state index in [-0.39, 0.29) is 0 Å². The van der Waals surface area contributed by atoms with E-state index < -0.39 is 24.3 Å². The summed E-state index contributed by atoms with van der Waals surface area (Å²) < 4.78 is 65.3. The van der Waals surface area contributed by atoms with Crippen molar-refractivity contribution in [1.29, 1.82) is 0 Å². The number of carboxylic acid groups (broad SMARTS) is 2. The Morgan fingerprint density at radius 2 is 1.38 bits per heavy atom. The van der Waals surface area contributed by atoms with Crippen molar-refractivity contribution < 1.29 is 50.7 Å². The van der Waals surface area contributed by atoms with Gasteiger partial charge in [0, 0.05) is 6.07 Å². The molecule has 0 fully saturated rings. The van der Waals surface area contributed by atoms with Crippen LogP contribution in [0.3, 0.4) is 0 Å². The molecule has 0 saturated heterocycles. The summed E-state index contributed by atoms with van der Waals surface area (Å²) in [6, 6.07) is 11.8. The standard InChI is InChI=1S/C10H9N2.2C2HF3O2/c1-4-8-12(9-5-1)10-6-2-3-7-11-10;2*3-2(4,5)1(6)7/h1-9H;2*(H,6,7)/q+1;;/p-1. The fourth-order valence-corrected chi connectivity index (χ4v) is 1.06. The molecule has 0 aliphatic heterocycles. The molecule has 12 heteroatoms. The van der Waals surface area contributed by atoms with Crippen molar-refractivity contribution in [2.24, 2.45) is 0 Å². The summed E-state index contributed by atoms with van der Waals surface area (Å²) in [5.41, 5.74) is 0. The van der Waals surface area contributed by atoms with E-state index in [0.29, 0.717) is 0 Å². The van der Waals surface area contributed by atoms with Gasteiger partial charge in [0.25, 0.3) is 0 Å². The van der Waals surface area contributed by atoms with Gasteiger partial charge in [-0.2, -0.15) is 26.3 Å². The summed E-state index contributed by atoms with van der Waals surface area (Å²) in [6.45, 7) is 0. The van der Waals surface area contributed by atoms with Crippen LogP contribution >= 0.6 is 0 Å². The van der Waals surface area contributed by atoms with Crippen molar-refractivity contribution in [1.82, 2.24) is 4.98 Å². The van der Waals surface area contributed by atoms with Gasteiger partial charge in [-0.15, -0.1) is 0 Å². The highest BCUT2D eigenvalue weighted by molar-refractivity contribution is 5.73. The van der Waals surface area contributed by atoms with Crippen LogP contribution in [0.25, 0.3) is 5.82 Å². The first kappa shape index (κ1) is 22.8. The third kappa shape index (κ3) is 9.85. The molecule has 2 aromatic heterocycles. The Kier molecular flexibility index (Phi) is 8.74. The van der Waals surface area contributed by atoms with Crippen molar-refractivity contribution in [3.8, 4) is 5.82 Å². The Bertz CT molecular complexity index is 629. The summed E-state index contributed by atoms with van der Waals surface area (Å²) in [7, 11) is 0. The molecule has 0 saturated carbocycles. The van der Waals surface area contributed by atoms with Crippen molar-refractivity contribution in [2.75, 3.05) is 0 Å². The molecule has 142 valence electrons. The Morgan fingerprint density at radius 3 is 1.69 bits per heavy atom. The van der Waals surface area contributed by atoms with E-state index in [9.17, 15) is 26.3 Å². The van der Waals surface area contributed by atoms with E-state index in [2.05, 4.69) is 4.98 Å². The zero-order valence-corrected chi connectivity index (χ0v) is 12.5. The number of rotatable bonds is 1. The minimum atomic E-state index is -5.19. The van der Waals surface area contributed by atoms with E-state index >= 15 is 0 Å². The molecular weight excluding hydrogens is 374 g/mol. The number of carbonyl (C=O) groups excluding carboxylic acids is 1. The van der Waals surface area contributed by atoms with Crippen LogP contribution in [0.15, 0.2) is 55.0 Å². The average molecular weight is 384 g/mol. The van der Waals surface area contributed by atoms with Gasteiger partial charge in [0.2, 0.25) is 0 Å². The Hall–Kier alpha value is -3.18. The van der Waals surface area contributed by atoms with Crippen LogP contribution in [0.5, 0.6) is 0 Å². The van der Waals surface area contributed by atoms with Gasteiger partial charge in [-0.05, 0) is 23.2 Å². The van der Waals surface area contributed by atoms with E-state index in [4.69, 9.17) is 19.8 Å². The molecule has 0 aliphatic rings. The summed E-state index contributed by atoms with van der Waals surface area (Å²) in [5.74, 6) is -4.82. The number of pyridine rings is 2. The maximum atomic E-state index is 10.6. The topological polar surface area (TPSA) is 94.2 Å². The number of carboxylic acids is 2. The molecule has 0 aliphatic carbocycles. The average Bonchev–Trinajstić information content (AvgIpc) is 2.56. The maximum Gasteiger partial charge on any atom is 0.490 e. The molecule has 2 rings (SSSR count). The van der Waals surface area contributed by atoms with Crippen molar-refractivity contribution in [3.63, 3.8) is 0 Å². The van der Waals surface area contributed by atoms with Gasteiger partial charge >= 0.3 is 24.1 Å². The van der Waals surface area contributed by atoms with Crippen LogP contribution in [0.4, 0.5) is 26.3 Å². The zero-order valence-electron chi connectivity index (χ0n) is 12.5. The van der Waals surface area contributed by atoms with Gasteiger partial charge in [-0.3, -0.25) is 0 Å². The minimum absolute atomic E-state index is 0.943. The van der Waals surface area contributed by atoms with Gasteiger partial charge in [-0.25, -0.2) is 9.36 Å². The number of alkyl halides is 6. The lowest BCUT2D eigenvalue weighted by molar-refractivity contribution is -0.599. The Balaban J connectivity index is 0.000000390. The largest absolute Gasteiger partial charge is 0.542 e. The predicted octanol–water partition coefficient (Wildman–Crippen LogP) is 1.29. The highest BCUT2D eigenvalue weighted by atomic mass is 19.4. The van der Waals surface area contributed by atoms with Crippen LogP contribution in [0.2, 0.25) is 0 Å². The molecule has 0 radical (unpaired) electrons. The van der Waals surface area contributed by atoms with Gasteiger partial charge in [0.1, 0.15) is 12.2 Å². The minimum Gasteiger partial charge on any atom is -0.542 e. The molecule has 0 amide bonds. The highest BCUT2D eigenvalue weighted by Gasteiger charge is 2.38. The molecule has 0 unspecified atom stereocenters. The monoisotopic (exact) mass is 384 g/mol. The quantitative estimate of drug-likeness (QED) is 0.591. The molecule has 0 atom stereocenters. The first-order valence-electron chi connectivity index (χ1n) is 6.31. The van der Waals surface area contributed by atoms with E-state index in [1.165, 1.54) is 0 Å². The van der Waals surface area contributed by atoms with E-state index in [1.807, 2.05) is 53.4 Å². The van der Waals surface area contributed by atoms with Crippen LogP contribution in [0.1, 0.15) is 0 Å². The second kappa shape index (κ2) is 9.96. The number of carbonyl (C=O) groups is 2. The molecule has 6 nitrogen and oxygen atoms in total. The smallest absolute Gasteiger partial charge is 0.490 e. The lowest BCUT2D eigenvalue weighted by atomic mass is 10.4. The number of nitrogens with zero attached hydrogens (tertiary/aromatic N) is 2. The van der Waals surface area contributed by atoms with Gasteiger partial charge in [0.05, 0.1) is 12.4 Å². The second-order valence-electron chi connectivity index (χ2n) is 4.06. The van der Waals surface area contributed by atoms with Crippen LogP contribution in [-0.4, -0.2) is 34.4 Å². The molecular formula is C14H10F6N2O4. The van der Waals surface area contributed by atoms with Crippen molar-refractivity contribution >= 4 is 11.9 Å². The Labute approximate surface area is 142 Å². The second-order valence-corrected chi connectivity index (χ2v) is 4.06. The lowest BCUT2D eigenvalue weighted by Crippen LogP contribution is -2.37. The summed E-state index contributed by atoms with van der Waals surface area (Å²) in [4.78, 5) is 21.9. The highest BCUT2D eigenvalue weighted by Crippen LogP contribution is 2.13. The molecule has 0 spiro atoms. The van der Waals surface area contributed by atoms with E-state index in [0.717, 1.165) is 5.82 Å². The number of halogens is 6. The third-order valence-corrected chi connectivity index (χ3v) is 2.10. The summed E-state index contributed by atoms with van der Waals surface area (Å²) in [5, 5.41) is 15.9. The molecule has 2 aromatic rings. The fourth-order valence-electron chi connectivity index (χ4n) is 1.06. The summed E-state index contributed by atoms with van der Waals surface area (Å²) in [6.07, 6.45) is -4.54. The van der Waals surface area contributed by atoms with Crippen molar-refractivity contribution in [3.05, 3.63) is 55.0 Å². The third-order valence-electron chi connectivity index (χ3n) is 2.10. The number of aromatic nitrogens is 2. The van der Waals surface area contributed by atoms with E-state index in [1.54, 1.807) is 6.20 Å². The van der Waals surface area contributed by atoms with Gasteiger partial charge in [0.15, 0.2) is 0 Å². The van der Waals surface area contributed by atoms with Crippen LogP contribution < -0.4 is 9.67 Å². The van der Waals surface area contributed by atoms with Crippen LogP contribution in [-0.2, 0) is 9.59 Å². The van der Waals surface area contributed by atoms with Gasteiger partial charge < -0.3 is 15.0 Å². The molecule has 26 heavy (non-hydrogen) atoms. The summed E-state index contributed by atoms with van der Waals surface area (Å²) >= 11 is 0. The molecule has 0 bridgehead atoms. The number of hydrogen-bond acceptors (Lipinski definition) is 4.